The lowest BCUT2D eigenvalue weighted by Gasteiger charge is -2.23. The highest BCUT2D eigenvalue weighted by molar-refractivity contribution is 5.88. The molecule has 1 aliphatic carbocycles. The highest BCUT2D eigenvalue weighted by Gasteiger charge is 2.23. The lowest BCUT2D eigenvalue weighted by molar-refractivity contribution is 0.251. The van der Waals surface area contributed by atoms with Gasteiger partial charge in [0.2, 0.25) is 0 Å². The molecule has 3 rings (SSSR count). The monoisotopic (exact) mass is 324 g/mol. The van der Waals surface area contributed by atoms with E-state index >= 15 is 0 Å². The average Bonchev–Trinajstić information content (AvgIpc) is 3.32. The van der Waals surface area contributed by atoms with Crippen molar-refractivity contribution in [2.75, 3.05) is 10.6 Å². The summed E-state index contributed by atoms with van der Waals surface area (Å²) in [6.07, 6.45) is 3.86. The quantitative estimate of drug-likeness (QED) is 0.780. The Hall–Kier alpha value is -2.56. The first-order valence-corrected chi connectivity index (χ1v) is 8.32. The average molecular weight is 324 g/mol. The van der Waals surface area contributed by atoms with Gasteiger partial charge in [0.25, 0.3) is 0 Å². The van der Waals surface area contributed by atoms with Crippen molar-refractivity contribution in [1.82, 2.24) is 10.3 Å². The van der Waals surface area contributed by atoms with Crippen molar-refractivity contribution in [1.29, 1.82) is 0 Å². The second-order valence-electron chi connectivity index (χ2n) is 7.23. The normalized spacial score (nSPS) is 14.1. The number of urea groups is 1. The first-order chi connectivity index (χ1) is 11.4. The highest BCUT2D eigenvalue weighted by atomic mass is 16.2. The fourth-order valence-corrected chi connectivity index (χ4v) is 2.51. The zero-order chi connectivity index (χ0) is 17.2. The van der Waals surface area contributed by atoms with Crippen LogP contribution in [0.2, 0.25) is 0 Å². The maximum Gasteiger partial charge on any atom is 0.320 e. The number of benzene rings is 1. The number of nitrogens with one attached hydrogen (secondary N) is 3. The van der Waals surface area contributed by atoms with Gasteiger partial charge >= 0.3 is 6.03 Å². The van der Waals surface area contributed by atoms with Crippen molar-refractivity contribution < 1.29 is 4.79 Å². The number of hydrogen-bond acceptors (Lipinski definition) is 3. The first kappa shape index (κ1) is 16.3. The number of anilines is 3. The van der Waals surface area contributed by atoms with Gasteiger partial charge in [-0.2, -0.15) is 0 Å². The summed E-state index contributed by atoms with van der Waals surface area (Å²) in [5, 5.41) is 9.04. The number of pyridine rings is 1. The number of carbonyl (C=O) groups is 1. The van der Waals surface area contributed by atoms with E-state index in [0.717, 1.165) is 24.2 Å². The predicted molar refractivity (Wildman–Crippen MR) is 97.8 cm³/mol. The van der Waals surface area contributed by atoms with Crippen LogP contribution in [-0.2, 0) is 5.41 Å². The van der Waals surface area contributed by atoms with Gasteiger partial charge in [-0.05, 0) is 42.0 Å². The van der Waals surface area contributed by atoms with Crippen LogP contribution in [0.5, 0.6) is 0 Å². The van der Waals surface area contributed by atoms with Crippen LogP contribution in [0.3, 0.4) is 0 Å². The van der Waals surface area contributed by atoms with E-state index in [0.29, 0.717) is 11.9 Å². The van der Waals surface area contributed by atoms with Gasteiger partial charge in [0.1, 0.15) is 5.82 Å². The maximum atomic E-state index is 11.7. The van der Waals surface area contributed by atoms with Gasteiger partial charge < -0.3 is 10.6 Å². The summed E-state index contributed by atoms with van der Waals surface area (Å²) < 4.78 is 0. The Kier molecular flexibility index (Phi) is 4.42. The molecule has 1 aromatic heterocycles. The maximum absolute atomic E-state index is 11.7. The van der Waals surface area contributed by atoms with Crippen molar-refractivity contribution in [2.45, 2.75) is 45.1 Å². The molecule has 1 aliphatic rings. The standard InChI is InChI=1S/C19H24N4O/c1-19(2,3)15-6-4-5-7-16(15)21-14-10-11-17(20-12-14)23-18(24)22-13-8-9-13/h4-7,10-13,21H,8-9H2,1-3H3,(H2,20,22,23,24). The summed E-state index contributed by atoms with van der Waals surface area (Å²) in [5.41, 5.74) is 3.26. The minimum absolute atomic E-state index is 0.0550. The molecular formula is C19H24N4O. The minimum atomic E-state index is -0.191. The van der Waals surface area contributed by atoms with Crippen LogP contribution < -0.4 is 16.0 Å². The van der Waals surface area contributed by atoms with E-state index in [1.807, 2.05) is 12.1 Å². The molecular weight excluding hydrogens is 300 g/mol. The Labute approximate surface area is 142 Å². The SMILES string of the molecule is CC(C)(C)c1ccccc1Nc1ccc(NC(=O)NC2CC2)nc1. The van der Waals surface area contributed by atoms with E-state index in [9.17, 15) is 4.79 Å². The van der Waals surface area contributed by atoms with E-state index < -0.39 is 0 Å². The molecule has 0 radical (unpaired) electrons. The van der Waals surface area contributed by atoms with E-state index in [1.165, 1.54) is 5.56 Å². The molecule has 24 heavy (non-hydrogen) atoms. The Morgan fingerprint density at radius 2 is 1.88 bits per heavy atom. The van der Waals surface area contributed by atoms with Gasteiger partial charge in [0.15, 0.2) is 0 Å². The number of hydrogen-bond donors (Lipinski definition) is 3. The molecule has 0 saturated heterocycles. The molecule has 0 aliphatic heterocycles. The van der Waals surface area contributed by atoms with Crippen LogP contribution >= 0.6 is 0 Å². The zero-order valence-electron chi connectivity index (χ0n) is 14.4. The largest absolute Gasteiger partial charge is 0.354 e. The van der Waals surface area contributed by atoms with Gasteiger partial charge in [-0.15, -0.1) is 0 Å². The van der Waals surface area contributed by atoms with Crippen molar-refractivity contribution in [3.05, 3.63) is 48.2 Å². The second kappa shape index (κ2) is 6.51. The summed E-state index contributed by atoms with van der Waals surface area (Å²) in [6, 6.07) is 12.1. The van der Waals surface area contributed by atoms with Crippen LogP contribution in [0.25, 0.3) is 0 Å². The van der Waals surface area contributed by atoms with Gasteiger partial charge in [-0.25, -0.2) is 9.78 Å². The molecule has 0 bridgehead atoms. The number of amides is 2. The van der Waals surface area contributed by atoms with Crippen LogP contribution in [0.15, 0.2) is 42.6 Å². The topological polar surface area (TPSA) is 66.0 Å². The molecule has 5 nitrogen and oxygen atoms in total. The molecule has 0 unspecified atom stereocenters. The number of para-hydroxylation sites is 1. The molecule has 0 atom stereocenters. The van der Waals surface area contributed by atoms with Crippen LogP contribution in [-0.4, -0.2) is 17.1 Å². The van der Waals surface area contributed by atoms with Crippen LogP contribution in [0.4, 0.5) is 22.0 Å². The Bertz CT molecular complexity index is 715. The van der Waals surface area contributed by atoms with Crippen molar-refractivity contribution in [2.24, 2.45) is 0 Å². The van der Waals surface area contributed by atoms with Gasteiger partial charge in [-0.1, -0.05) is 39.0 Å². The van der Waals surface area contributed by atoms with Gasteiger partial charge in [-0.3, -0.25) is 5.32 Å². The van der Waals surface area contributed by atoms with Crippen LogP contribution in [0.1, 0.15) is 39.2 Å². The number of aromatic nitrogens is 1. The molecule has 1 aromatic carbocycles. The fourth-order valence-electron chi connectivity index (χ4n) is 2.51. The minimum Gasteiger partial charge on any atom is -0.354 e. The molecule has 1 fully saturated rings. The molecule has 3 N–H and O–H groups in total. The molecule has 2 aromatic rings. The lowest BCUT2D eigenvalue weighted by atomic mass is 9.86. The third-order valence-electron chi connectivity index (χ3n) is 3.93. The summed E-state index contributed by atoms with van der Waals surface area (Å²) in [6.45, 7) is 6.58. The molecule has 2 amide bonds. The van der Waals surface area contributed by atoms with E-state index in [4.69, 9.17) is 0 Å². The summed E-state index contributed by atoms with van der Waals surface area (Å²) in [7, 11) is 0. The number of carbonyl (C=O) groups excluding carboxylic acids is 1. The Morgan fingerprint density at radius 3 is 2.50 bits per heavy atom. The molecule has 1 saturated carbocycles. The molecule has 1 heterocycles. The first-order valence-electron chi connectivity index (χ1n) is 8.32. The smallest absolute Gasteiger partial charge is 0.320 e. The third-order valence-corrected chi connectivity index (χ3v) is 3.93. The summed E-state index contributed by atoms with van der Waals surface area (Å²) in [4.78, 5) is 16.0. The van der Waals surface area contributed by atoms with Crippen molar-refractivity contribution >= 4 is 23.2 Å². The molecule has 126 valence electrons. The van der Waals surface area contributed by atoms with Crippen LogP contribution in [0, 0.1) is 0 Å². The lowest BCUT2D eigenvalue weighted by Crippen LogP contribution is -2.30. The number of rotatable bonds is 4. The zero-order valence-corrected chi connectivity index (χ0v) is 14.4. The van der Waals surface area contributed by atoms with Crippen molar-refractivity contribution in [3.8, 4) is 0 Å². The van der Waals surface area contributed by atoms with E-state index in [-0.39, 0.29) is 11.4 Å². The third kappa shape index (κ3) is 4.25. The van der Waals surface area contributed by atoms with Gasteiger partial charge in [0.05, 0.1) is 11.9 Å². The fraction of sp³-hybridized carbons (Fsp3) is 0.368. The summed E-state index contributed by atoms with van der Waals surface area (Å²) >= 11 is 0. The second-order valence-corrected chi connectivity index (χ2v) is 7.23. The highest BCUT2D eigenvalue weighted by Crippen LogP contribution is 2.31. The van der Waals surface area contributed by atoms with E-state index in [2.05, 4.69) is 59.9 Å². The summed E-state index contributed by atoms with van der Waals surface area (Å²) in [5.74, 6) is 0.544. The van der Waals surface area contributed by atoms with E-state index in [1.54, 1.807) is 12.3 Å². The Morgan fingerprint density at radius 1 is 1.12 bits per heavy atom. The Balaban J connectivity index is 1.67. The molecule has 5 heteroatoms. The van der Waals surface area contributed by atoms with Gasteiger partial charge in [0, 0.05) is 11.7 Å². The van der Waals surface area contributed by atoms with Crippen molar-refractivity contribution in [3.63, 3.8) is 0 Å². The predicted octanol–water partition coefficient (Wildman–Crippen LogP) is 4.41. The molecule has 0 spiro atoms. The number of nitrogens with zero attached hydrogens (tertiary/aromatic N) is 1.